The quantitative estimate of drug-likeness (QED) is 0.271. The SMILES string of the molecule is C[N-]CCN(C)CCCN(C)CC[N-]C.[Cu+2].[O-][Cl+3]([O-])([O-])[O-].[O-][Cl+3]([O-])([O-])[O-]. The molecular weight excluding hydrogens is 451 g/mol. The Morgan fingerprint density at radius 3 is 1.04 bits per heavy atom. The van der Waals surface area contributed by atoms with Crippen molar-refractivity contribution in [3.05, 3.63) is 10.6 Å². The van der Waals surface area contributed by atoms with Crippen molar-refractivity contribution in [2.24, 2.45) is 0 Å². The molecule has 0 aromatic heterocycles. The molecule has 0 N–H and O–H groups in total. The summed E-state index contributed by atoms with van der Waals surface area (Å²) in [6.45, 7) is 6.35. The first-order valence-electron chi connectivity index (χ1n) is 6.92. The summed E-state index contributed by atoms with van der Waals surface area (Å²) in [5, 5.41) is 8.19. The molecule has 0 saturated carbocycles. The van der Waals surface area contributed by atoms with Crippen LogP contribution in [0, 0.1) is 20.5 Å². The maximum absolute atomic E-state index is 8.49. The van der Waals surface area contributed by atoms with Crippen molar-refractivity contribution in [3.63, 3.8) is 0 Å². The van der Waals surface area contributed by atoms with E-state index in [1.54, 1.807) is 0 Å². The van der Waals surface area contributed by atoms with E-state index >= 15 is 0 Å². The van der Waals surface area contributed by atoms with Gasteiger partial charge in [-0.25, -0.2) is 37.3 Å². The van der Waals surface area contributed by atoms with Crippen molar-refractivity contribution in [1.82, 2.24) is 9.80 Å². The largest absolute Gasteiger partial charge is 2.00 e. The second-order valence-corrected chi connectivity index (χ2v) is 6.31. The minimum absolute atomic E-state index is 0. The van der Waals surface area contributed by atoms with Gasteiger partial charge >= 0.3 is 17.1 Å². The topological polar surface area (TPSA) is 219 Å². The number of hydrogen-bond acceptors (Lipinski definition) is 10. The Bertz CT molecular complexity index is 250. The van der Waals surface area contributed by atoms with Crippen molar-refractivity contribution in [2.75, 3.05) is 67.5 Å². The standard InChI is InChI=1S/C11H26N4.2ClHO4.Cu/c1-12-6-10-14(3)8-5-9-15(4)11-7-13-2;2*2-1(3,4)5;/h5-11H2,1-4H3;2*(H,2,3,4,5);/q-2;;;+2/p-2. The number of halogens is 2. The van der Waals surface area contributed by atoms with Crippen LogP contribution < -0.4 is 37.3 Å². The van der Waals surface area contributed by atoms with Crippen molar-refractivity contribution < 1.29 is 74.8 Å². The molecule has 0 saturated heterocycles. The van der Waals surface area contributed by atoms with E-state index in [9.17, 15) is 0 Å². The first-order chi connectivity index (χ1) is 11.2. The fourth-order valence-electron chi connectivity index (χ4n) is 1.38. The fraction of sp³-hybridized carbons (Fsp3) is 1.00. The Labute approximate surface area is 169 Å². The summed E-state index contributed by atoms with van der Waals surface area (Å²) < 4.78 is 67.9. The van der Waals surface area contributed by atoms with Gasteiger partial charge in [0.2, 0.25) is 0 Å². The second-order valence-electron chi connectivity index (χ2n) is 4.80. The van der Waals surface area contributed by atoms with E-state index in [0.717, 1.165) is 39.3 Å². The van der Waals surface area contributed by atoms with Gasteiger partial charge in [-0.1, -0.05) is 0 Å². The van der Waals surface area contributed by atoms with E-state index < -0.39 is 20.5 Å². The van der Waals surface area contributed by atoms with E-state index in [2.05, 4.69) is 34.5 Å². The van der Waals surface area contributed by atoms with Crippen molar-refractivity contribution >= 4 is 0 Å². The van der Waals surface area contributed by atoms with E-state index in [1.807, 2.05) is 14.1 Å². The normalized spacial score (nSPS) is 11.3. The Morgan fingerprint density at radius 1 is 0.615 bits per heavy atom. The fourth-order valence-corrected chi connectivity index (χ4v) is 1.38. The van der Waals surface area contributed by atoms with Gasteiger partial charge in [0.25, 0.3) is 0 Å². The van der Waals surface area contributed by atoms with Crippen LogP contribution >= 0.6 is 0 Å². The molecule has 12 nitrogen and oxygen atoms in total. The third-order valence-electron chi connectivity index (χ3n) is 2.49. The smallest absolute Gasteiger partial charge is 0.664 e. The van der Waals surface area contributed by atoms with Crippen LogP contribution in [0.5, 0.6) is 0 Å². The molecule has 0 aliphatic carbocycles. The molecule has 0 aliphatic rings. The molecule has 26 heavy (non-hydrogen) atoms. The minimum atomic E-state index is -4.94. The first-order valence-corrected chi connectivity index (χ1v) is 9.39. The van der Waals surface area contributed by atoms with E-state index in [4.69, 9.17) is 37.3 Å². The van der Waals surface area contributed by atoms with Gasteiger partial charge in [-0.2, -0.15) is 14.1 Å². The molecule has 0 heterocycles. The molecule has 0 aromatic carbocycles. The van der Waals surface area contributed by atoms with Crippen LogP contribution in [0.25, 0.3) is 10.6 Å². The zero-order chi connectivity index (χ0) is 20.5. The Morgan fingerprint density at radius 2 is 0.846 bits per heavy atom. The van der Waals surface area contributed by atoms with Crippen LogP contribution in [0.15, 0.2) is 0 Å². The number of likely N-dealkylation sites (N-methyl/N-ethyl adjacent to an activating group) is 4. The zero-order valence-corrected chi connectivity index (χ0v) is 17.5. The summed E-state index contributed by atoms with van der Waals surface area (Å²) in [6, 6.07) is 0. The number of hydrogen-bond donors (Lipinski definition) is 0. The third-order valence-corrected chi connectivity index (χ3v) is 2.49. The predicted molar refractivity (Wildman–Crippen MR) is 67.9 cm³/mol. The van der Waals surface area contributed by atoms with Gasteiger partial charge in [-0.3, -0.25) is 0 Å². The molecule has 0 spiro atoms. The second kappa shape index (κ2) is 20.4. The van der Waals surface area contributed by atoms with Gasteiger partial charge < -0.3 is 20.4 Å². The van der Waals surface area contributed by atoms with Gasteiger partial charge in [0.1, 0.15) is 0 Å². The summed E-state index contributed by atoms with van der Waals surface area (Å²) >= 11 is 0. The predicted octanol–water partition coefficient (Wildman–Crippen LogP) is -8.27. The summed E-state index contributed by atoms with van der Waals surface area (Å²) in [5.74, 6) is 0. The average Bonchev–Trinajstić information content (AvgIpc) is 2.39. The van der Waals surface area contributed by atoms with Gasteiger partial charge in [0, 0.05) is 0 Å². The molecule has 0 fully saturated rings. The van der Waals surface area contributed by atoms with E-state index in [1.165, 1.54) is 6.42 Å². The Hall–Kier alpha value is 0.619. The molecule has 15 heteroatoms. The van der Waals surface area contributed by atoms with Crippen LogP contribution in [-0.2, 0) is 17.1 Å². The molecule has 165 valence electrons. The average molecular weight is 477 g/mol. The third kappa shape index (κ3) is 64.3. The Kier molecular flexibility index (Phi) is 26.7. The van der Waals surface area contributed by atoms with Crippen LogP contribution in [0.4, 0.5) is 0 Å². The summed E-state index contributed by atoms with van der Waals surface area (Å²) in [4.78, 5) is 4.68. The molecule has 0 amide bonds. The number of rotatable bonds is 10. The van der Waals surface area contributed by atoms with Gasteiger partial charge in [0.05, 0.1) is 0 Å². The van der Waals surface area contributed by atoms with Crippen molar-refractivity contribution in [3.8, 4) is 0 Å². The number of nitrogens with zero attached hydrogens (tertiary/aromatic N) is 4. The van der Waals surface area contributed by atoms with Crippen molar-refractivity contribution in [2.45, 2.75) is 6.42 Å². The molecule has 0 aromatic rings. The molecule has 0 bridgehead atoms. The van der Waals surface area contributed by atoms with Crippen LogP contribution in [0.2, 0.25) is 0 Å². The molecular formula is C11H26Cl2CuN4O8-2. The van der Waals surface area contributed by atoms with E-state index in [0.29, 0.717) is 0 Å². The van der Waals surface area contributed by atoms with Gasteiger partial charge in [-0.05, 0) is 46.7 Å². The van der Waals surface area contributed by atoms with Gasteiger partial charge in [0.15, 0.2) is 0 Å². The van der Waals surface area contributed by atoms with Crippen LogP contribution in [-0.4, -0.2) is 77.3 Å². The monoisotopic (exact) mass is 475 g/mol. The van der Waals surface area contributed by atoms with Crippen LogP contribution in [0.1, 0.15) is 6.42 Å². The Balaban J connectivity index is -0.000000182. The van der Waals surface area contributed by atoms with E-state index in [-0.39, 0.29) is 17.1 Å². The summed E-state index contributed by atoms with van der Waals surface area (Å²) in [7, 11) is -1.83. The molecule has 0 atom stereocenters. The maximum atomic E-state index is 8.49. The zero-order valence-electron chi connectivity index (χ0n) is 15.1. The maximum Gasteiger partial charge on any atom is 2.00 e. The minimum Gasteiger partial charge on any atom is -0.664 e. The summed E-state index contributed by atoms with van der Waals surface area (Å²) in [6.07, 6.45) is 1.22. The summed E-state index contributed by atoms with van der Waals surface area (Å²) in [5.41, 5.74) is 0. The molecule has 0 unspecified atom stereocenters. The molecule has 0 rings (SSSR count). The first kappa shape index (κ1) is 34.1. The molecule has 1 radical (unpaired) electrons. The molecule has 0 aliphatic heterocycles. The van der Waals surface area contributed by atoms with Crippen LogP contribution in [0.3, 0.4) is 0 Å². The van der Waals surface area contributed by atoms with Crippen molar-refractivity contribution in [1.29, 1.82) is 0 Å². The van der Waals surface area contributed by atoms with Gasteiger partial charge in [-0.15, -0.1) is 33.6 Å².